The first-order valence-corrected chi connectivity index (χ1v) is 11.0. The van der Waals surface area contributed by atoms with E-state index in [1.165, 1.54) is 10.6 Å². The molecular formula is C21H29Cl2N3O5. The van der Waals surface area contributed by atoms with Gasteiger partial charge < -0.3 is 24.8 Å². The van der Waals surface area contributed by atoms with Gasteiger partial charge in [-0.3, -0.25) is 10.1 Å². The van der Waals surface area contributed by atoms with Crippen LogP contribution in [0.5, 0.6) is 5.75 Å². The van der Waals surface area contributed by atoms with E-state index in [2.05, 4.69) is 10.6 Å². The molecule has 0 aliphatic rings. The van der Waals surface area contributed by atoms with Crippen LogP contribution in [0.25, 0.3) is 10.8 Å². The maximum atomic E-state index is 13.3. The number of carbonyl (C=O) groups is 1. The molecule has 1 heterocycles. The molecule has 0 aliphatic heterocycles. The van der Waals surface area contributed by atoms with Crippen molar-refractivity contribution < 1.29 is 19.7 Å². The van der Waals surface area contributed by atoms with Gasteiger partial charge in [0, 0.05) is 24.4 Å². The van der Waals surface area contributed by atoms with Crippen LogP contribution >= 0.6 is 23.2 Å². The minimum atomic E-state index is -1.23. The number of hydrogen-bond donors (Lipinski definition) is 4. The number of aliphatic hydroxyl groups excluding tert-OH is 1. The maximum absolute atomic E-state index is 13.3. The first kappa shape index (κ1) is 25.3. The lowest BCUT2D eigenvalue weighted by atomic mass is 10.1. The third-order valence-electron chi connectivity index (χ3n) is 4.67. The summed E-state index contributed by atoms with van der Waals surface area (Å²) >= 11 is 12.4. The molecular weight excluding hydrogens is 445 g/mol. The molecule has 0 spiro atoms. The van der Waals surface area contributed by atoms with E-state index in [9.17, 15) is 14.7 Å². The van der Waals surface area contributed by atoms with Crippen molar-refractivity contribution in [2.75, 3.05) is 6.61 Å². The number of hydrogen-bond acceptors (Lipinski definition) is 5. The van der Waals surface area contributed by atoms with Gasteiger partial charge in [-0.1, -0.05) is 36.5 Å². The molecule has 8 nitrogen and oxygen atoms in total. The quantitative estimate of drug-likeness (QED) is 0.290. The molecule has 10 heteroatoms. The molecule has 2 rings (SSSR count). The number of carboxylic acid groups (broad SMARTS) is 1. The van der Waals surface area contributed by atoms with Crippen molar-refractivity contribution in [3.05, 3.63) is 38.2 Å². The Morgan fingerprint density at radius 1 is 1.23 bits per heavy atom. The van der Waals surface area contributed by atoms with Crippen LogP contribution in [0.15, 0.2) is 16.9 Å². The highest BCUT2D eigenvalue weighted by atomic mass is 35.5. The average Bonchev–Trinajstić information content (AvgIpc) is 2.68. The maximum Gasteiger partial charge on any atom is 0.404 e. The van der Waals surface area contributed by atoms with E-state index in [-0.39, 0.29) is 41.2 Å². The number of rotatable bonds is 11. The van der Waals surface area contributed by atoms with Crippen molar-refractivity contribution in [1.82, 2.24) is 15.2 Å². The van der Waals surface area contributed by atoms with Crippen molar-refractivity contribution in [3.63, 3.8) is 0 Å². The Morgan fingerprint density at radius 3 is 2.45 bits per heavy atom. The average molecular weight is 474 g/mol. The summed E-state index contributed by atoms with van der Waals surface area (Å²) in [7, 11) is 0. The summed E-state index contributed by atoms with van der Waals surface area (Å²) in [5.41, 5.74) is 0.00137. The summed E-state index contributed by atoms with van der Waals surface area (Å²) in [5, 5.41) is 25.9. The summed E-state index contributed by atoms with van der Waals surface area (Å²) in [6, 6.07) is 3.11. The number of aliphatic hydroxyl groups is 1. The van der Waals surface area contributed by atoms with Crippen molar-refractivity contribution >= 4 is 40.1 Å². The molecule has 1 amide bonds. The van der Waals surface area contributed by atoms with Gasteiger partial charge in [0.1, 0.15) is 12.0 Å². The number of fused-ring (bicyclic) bond motifs is 1. The van der Waals surface area contributed by atoms with E-state index in [1.54, 1.807) is 6.07 Å². The van der Waals surface area contributed by atoms with Crippen molar-refractivity contribution in [1.29, 1.82) is 0 Å². The molecule has 0 bridgehead atoms. The Bertz CT molecular complexity index is 978. The number of nitrogens with one attached hydrogen (secondary N) is 2. The van der Waals surface area contributed by atoms with Crippen LogP contribution in [0.4, 0.5) is 4.79 Å². The zero-order valence-corrected chi connectivity index (χ0v) is 19.4. The van der Waals surface area contributed by atoms with Crippen LogP contribution in [-0.2, 0) is 13.1 Å². The summed E-state index contributed by atoms with van der Waals surface area (Å²) in [4.78, 5) is 24.5. The second kappa shape index (κ2) is 11.6. The SMILES string of the molecule is CCCCOc1c(CNC(=O)O)n(CCC(O)NC(C)C)c(=O)c2cc(Cl)c(Cl)cc12. The Kier molecular flexibility index (Phi) is 9.43. The number of pyridine rings is 1. The van der Waals surface area contributed by atoms with Gasteiger partial charge in [0.25, 0.3) is 5.56 Å². The molecule has 1 unspecified atom stereocenters. The third kappa shape index (κ3) is 6.74. The number of benzene rings is 1. The summed E-state index contributed by atoms with van der Waals surface area (Å²) < 4.78 is 7.44. The lowest BCUT2D eigenvalue weighted by Crippen LogP contribution is -2.37. The van der Waals surface area contributed by atoms with Crippen molar-refractivity contribution in [3.8, 4) is 5.75 Å². The summed E-state index contributed by atoms with van der Waals surface area (Å²) in [5.74, 6) is 0.377. The molecule has 0 saturated carbocycles. The van der Waals surface area contributed by atoms with Crippen LogP contribution in [0.2, 0.25) is 10.0 Å². The van der Waals surface area contributed by atoms with Crippen LogP contribution in [-0.4, -0.2) is 39.8 Å². The molecule has 1 atom stereocenters. The fourth-order valence-electron chi connectivity index (χ4n) is 3.23. The second-order valence-corrected chi connectivity index (χ2v) is 8.35. The van der Waals surface area contributed by atoms with Gasteiger partial charge in [0.15, 0.2) is 0 Å². The zero-order valence-electron chi connectivity index (χ0n) is 17.9. The van der Waals surface area contributed by atoms with Gasteiger partial charge in [-0.25, -0.2) is 4.79 Å². The molecule has 0 aliphatic carbocycles. The van der Waals surface area contributed by atoms with Gasteiger partial charge >= 0.3 is 6.09 Å². The molecule has 1 aromatic heterocycles. The normalized spacial score (nSPS) is 12.4. The van der Waals surface area contributed by atoms with Crippen LogP contribution in [0, 0.1) is 0 Å². The summed E-state index contributed by atoms with van der Waals surface area (Å²) in [6.45, 7) is 6.22. The Balaban J connectivity index is 2.64. The van der Waals surface area contributed by atoms with Crippen molar-refractivity contribution in [2.45, 2.75) is 65.4 Å². The van der Waals surface area contributed by atoms with E-state index in [1.807, 2.05) is 20.8 Å². The fourth-order valence-corrected chi connectivity index (χ4v) is 3.56. The zero-order chi connectivity index (χ0) is 23.1. The Hall–Kier alpha value is -2.00. The fraction of sp³-hybridized carbons (Fsp3) is 0.524. The third-order valence-corrected chi connectivity index (χ3v) is 5.39. The van der Waals surface area contributed by atoms with Crippen LogP contribution in [0.1, 0.15) is 45.7 Å². The van der Waals surface area contributed by atoms with E-state index in [0.717, 1.165) is 12.8 Å². The topological polar surface area (TPSA) is 113 Å². The number of nitrogens with zero attached hydrogens (tertiary/aromatic N) is 1. The van der Waals surface area contributed by atoms with Crippen LogP contribution in [0.3, 0.4) is 0 Å². The standard InChI is InChI=1S/C21H29Cl2N3O5/c1-4-5-8-31-19-13-9-15(22)16(23)10-14(13)20(28)26(17(19)11-24-21(29)30)7-6-18(27)25-12(2)3/h9-10,12,18,24-25,27H,4-8,11H2,1-3H3,(H,29,30). The monoisotopic (exact) mass is 473 g/mol. The molecule has 0 radical (unpaired) electrons. The van der Waals surface area contributed by atoms with Gasteiger partial charge in [-0.2, -0.15) is 0 Å². The van der Waals surface area contributed by atoms with E-state index >= 15 is 0 Å². The minimum absolute atomic E-state index is 0.0605. The molecule has 172 valence electrons. The number of amides is 1. The Labute approximate surface area is 191 Å². The van der Waals surface area contributed by atoms with Crippen molar-refractivity contribution in [2.24, 2.45) is 0 Å². The summed E-state index contributed by atoms with van der Waals surface area (Å²) in [6.07, 6.45) is -0.139. The molecule has 1 aromatic carbocycles. The second-order valence-electron chi connectivity index (χ2n) is 7.53. The van der Waals surface area contributed by atoms with Crippen LogP contribution < -0.4 is 20.9 Å². The first-order chi connectivity index (χ1) is 14.6. The number of halogens is 2. The number of unbranched alkanes of at least 4 members (excludes halogenated alkanes) is 1. The van der Waals surface area contributed by atoms with E-state index in [4.69, 9.17) is 33.0 Å². The lowest BCUT2D eigenvalue weighted by Gasteiger charge is -2.22. The van der Waals surface area contributed by atoms with E-state index < -0.39 is 12.3 Å². The van der Waals surface area contributed by atoms with Gasteiger partial charge in [-0.15, -0.1) is 0 Å². The lowest BCUT2D eigenvalue weighted by molar-refractivity contribution is 0.112. The molecule has 0 saturated heterocycles. The molecule has 2 aromatic rings. The molecule has 4 N–H and O–H groups in total. The number of aromatic nitrogens is 1. The molecule has 0 fully saturated rings. The largest absolute Gasteiger partial charge is 0.491 e. The predicted molar refractivity (Wildman–Crippen MR) is 122 cm³/mol. The Morgan fingerprint density at radius 2 is 1.87 bits per heavy atom. The highest BCUT2D eigenvalue weighted by molar-refractivity contribution is 6.42. The highest BCUT2D eigenvalue weighted by Gasteiger charge is 2.21. The highest BCUT2D eigenvalue weighted by Crippen LogP contribution is 2.34. The van der Waals surface area contributed by atoms with Gasteiger partial charge in [0.05, 0.1) is 34.3 Å². The smallest absolute Gasteiger partial charge is 0.404 e. The van der Waals surface area contributed by atoms with Gasteiger partial charge in [0.2, 0.25) is 0 Å². The molecule has 31 heavy (non-hydrogen) atoms. The number of ether oxygens (including phenoxy) is 1. The predicted octanol–water partition coefficient (Wildman–Crippen LogP) is 3.96. The van der Waals surface area contributed by atoms with E-state index in [0.29, 0.717) is 28.8 Å². The van der Waals surface area contributed by atoms with Gasteiger partial charge in [-0.05, 0) is 32.4 Å². The minimum Gasteiger partial charge on any atom is -0.491 e. The first-order valence-electron chi connectivity index (χ1n) is 10.2.